The van der Waals surface area contributed by atoms with Crippen molar-refractivity contribution in [2.45, 2.75) is 22.8 Å². The molecule has 3 atom stereocenters. The number of amides is 2. The molecule has 0 unspecified atom stereocenters. The third-order valence-corrected chi connectivity index (χ3v) is 9.30. The molecule has 2 amide bonds. The molecule has 2 bridgehead atoms. The number of carbonyl (C=O) groups is 4. The molecule has 1 saturated heterocycles. The van der Waals surface area contributed by atoms with E-state index in [0.717, 1.165) is 4.90 Å². The fourth-order valence-corrected chi connectivity index (χ4v) is 7.39. The van der Waals surface area contributed by atoms with Gasteiger partial charge in [0.1, 0.15) is 22.0 Å². The van der Waals surface area contributed by atoms with Gasteiger partial charge in [-0.2, -0.15) is 0 Å². The lowest BCUT2D eigenvalue weighted by molar-refractivity contribution is -0.154. The molecule has 4 aliphatic rings. The summed E-state index contributed by atoms with van der Waals surface area (Å²) in [5, 5.41) is 0. The Morgan fingerprint density at radius 2 is 1.26 bits per heavy atom. The highest BCUT2D eigenvalue weighted by Crippen LogP contribution is 2.69. The van der Waals surface area contributed by atoms with Crippen LogP contribution in [0, 0.1) is 11.8 Å². The number of halogens is 2. The normalized spacial score (nSPS) is 26.9. The van der Waals surface area contributed by atoms with Crippen molar-refractivity contribution in [2.75, 3.05) is 13.7 Å². The van der Waals surface area contributed by atoms with Crippen molar-refractivity contribution in [1.29, 1.82) is 0 Å². The average molecular weight is 564 g/mol. The van der Waals surface area contributed by atoms with E-state index in [1.54, 1.807) is 24.3 Å². The topological polar surface area (TPSA) is 90.0 Å². The molecule has 7 nitrogen and oxygen atoms in total. The number of rotatable bonds is 6. The van der Waals surface area contributed by atoms with Crippen LogP contribution in [0.5, 0.6) is 5.75 Å². The van der Waals surface area contributed by atoms with Crippen LogP contribution in [0.2, 0.25) is 0 Å². The van der Waals surface area contributed by atoms with Crippen LogP contribution in [-0.4, -0.2) is 48.2 Å². The summed E-state index contributed by atoms with van der Waals surface area (Å²) < 4.78 is 10.4. The van der Waals surface area contributed by atoms with Crippen molar-refractivity contribution in [1.82, 2.24) is 4.90 Å². The van der Waals surface area contributed by atoms with Gasteiger partial charge in [0.25, 0.3) is 0 Å². The zero-order valence-electron chi connectivity index (χ0n) is 21.0. The number of Topliss-reactive ketones (excluding diaryl/α,β-unsaturated/α-hetero) is 1. The van der Waals surface area contributed by atoms with Crippen LogP contribution in [0.3, 0.4) is 0 Å². The average Bonchev–Trinajstić information content (AvgIpc) is 3.21. The van der Waals surface area contributed by atoms with Crippen LogP contribution in [0.15, 0.2) is 72.8 Å². The van der Waals surface area contributed by atoms with Gasteiger partial charge >= 0.3 is 5.97 Å². The number of hydrogen-bond acceptors (Lipinski definition) is 6. The Labute approximate surface area is 234 Å². The monoisotopic (exact) mass is 563 g/mol. The van der Waals surface area contributed by atoms with E-state index in [1.165, 1.54) is 14.0 Å². The fraction of sp³-hybridized carbons (Fsp3) is 0.267. The minimum atomic E-state index is -1.34. The Morgan fingerprint density at radius 1 is 0.821 bits per heavy atom. The first-order valence-corrected chi connectivity index (χ1v) is 13.2. The van der Waals surface area contributed by atoms with E-state index in [9.17, 15) is 19.2 Å². The number of esters is 1. The molecular formula is C30H23Cl2NO6. The van der Waals surface area contributed by atoms with Crippen LogP contribution >= 0.6 is 23.2 Å². The van der Waals surface area contributed by atoms with E-state index >= 15 is 0 Å². The number of imide groups is 1. The summed E-state index contributed by atoms with van der Waals surface area (Å²) in [5.41, 5.74) is 3.02. The van der Waals surface area contributed by atoms with Gasteiger partial charge < -0.3 is 9.47 Å². The van der Waals surface area contributed by atoms with Crippen molar-refractivity contribution >= 4 is 46.8 Å². The number of ether oxygens (including phenoxy) is 2. The number of nitrogens with zero attached hydrogens (tertiary/aromatic N) is 1. The van der Waals surface area contributed by atoms with Crippen LogP contribution in [-0.2, 0) is 28.9 Å². The maximum Gasteiger partial charge on any atom is 0.326 e. The largest absolute Gasteiger partial charge is 0.497 e. The number of likely N-dealkylation sites (tertiary alicyclic amines) is 1. The summed E-state index contributed by atoms with van der Waals surface area (Å²) in [6, 6.07) is 21.0. The van der Waals surface area contributed by atoms with Crippen LogP contribution < -0.4 is 4.74 Å². The number of methoxy groups -OCH3 is 1. The Balaban J connectivity index is 1.29. The zero-order chi connectivity index (χ0) is 27.7. The molecule has 3 aliphatic carbocycles. The third kappa shape index (κ3) is 3.42. The second kappa shape index (κ2) is 8.93. The van der Waals surface area contributed by atoms with Gasteiger partial charge in [0.2, 0.25) is 17.6 Å². The van der Waals surface area contributed by atoms with E-state index in [-0.39, 0.29) is 0 Å². The molecule has 0 spiro atoms. The van der Waals surface area contributed by atoms with Gasteiger partial charge in [0.05, 0.1) is 18.9 Å². The summed E-state index contributed by atoms with van der Waals surface area (Å²) in [6.07, 6.45) is -1.13. The van der Waals surface area contributed by atoms with E-state index in [2.05, 4.69) is 0 Å². The minimum absolute atomic E-state index is 0.329. The van der Waals surface area contributed by atoms with E-state index in [4.69, 9.17) is 32.7 Å². The van der Waals surface area contributed by atoms with Gasteiger partial charge in [0, 0.05) is 5.56 Å². The first kappa shape index (κ1) is 25.6. The molecule has 3 aromatic carbocycles. The second-order valence-corrected chi connectivity index (χ2v) is 11.1. The molecule has 1 heterocycles. The van der Waals surface area contributed by atoms with Crippen molar-refractivity contribution in [3.63, 3.8) is 0 Å². The number of carbonyl (C=O) groups excluding carboxylic acids is 4. The van der Waals surface area contributed by atoms with Crippen LogP contribution in [0.1, 0.15) is 39.5 Å². The molecular weight excluding hydrogens is 541 g/mol. The van der Waals surface area contributed by atoms with E-state index in [1.807, 2.05) is 48.5 Å². The summed E-state index contributed by atoms with van der Waals surface area (Å²) >= 11 is 14.7. The molecule has 0 aromatic heterocycles. The highest BCUT2D eigenvalue weighted by atomic mass is 35.5. The molecule has 3 aromatic rings. The lowest BCUT2D eigenvalue weighted by Crippen LogP contribution is -2.57. The molecule has 0 saturated carbocycles. The lowest BCUT2D eigenvalue weighted by atomic mass is 9.54. The first-order valence-electron chi connectivity index (χ1n) is 12.4. The smallest absolute Gasteiger partial charge is 0.326 e. The Bertz CT molecular complexity index is 1430. The van der Waals surface area contributed by atoms with Gasteiger partial charge in [-0.05, 0) is 53.4 Å². The summed E-state index contributed by atoms with van der Waals surface area (Å²) in [7, 11) is 1.51. The van der Waals surface area contributed by atoms with Gasteiger partial charge in [0.15, 0.2) is 6.10 Å². The van der Waals surface area contributed by atoms with Gasteiger partial charge in [-0.1, -0.05) is 48.5 Å². The molecule has 0 N–H and O–H groups in total. The SMILES string of the molecule is COc1ccc(C(=O)[C@H](C)OC(=O)CN2C(=O)[C@@H]3[C@H](C2=O)C2(Cl)c4ccccc4C3(Cl)c3ccccc32)cc1. The first-order chi connectivity index (χ1) is 18.6. The van der Waals surface area contributed by atoms with E-state index < -0.39 is 57.8 Å². The fourth-order valence-electron chi connectivity index (χ4n) is 6.29. The summed E-state index contributed by atoms with van der Waals surface area (Å²) in [5.74, 6) is -3.96. The zero-order valence-corrected chi connectivity index (χ0v) is 22.5. The number of ketones is 1. The number of alkyl halides is 2. The predicted octanol–water partition coefficient (Wildman–Crippen LogP) is 4.40. The highest BCUT2D eigenvalue weighted by molar-refractivity contribution is 6.36. The Kier molecular flexibility index (Phi) is 5.86. The lowest BCUT2D eigenvalue weighted by Gasteiger charge is -2.54. The molecule has 7 rings (SSSR count). The molecule has 9 heteroatoms. The highest BCUT2D eigenvalue weighted by Gasteiger charge is 2.73. The van der Waals surface area contributed by atoms with Crippen LogP contribution in [0.25, 0.3) is 0 Å². The van der Waals surface area contributed by atoms with Crippen molar-refractivity contribution in [3.8, 4) is 5.75 Å². The van der Waals surface area contributed by atoms with Crippen molar-refractivity contribution < 1.29 is 28.7 Å². The van der Waals surface area contributed by atoms with E-state index in [0.29, 0.717) is 33.6 Å². The maximum absolute atomic E-state index is 13.8. The molecule has 1 aliphatic heterocycles. The number of hydrogen-bond donors (Lipinski definition) is 0. The second-order valence-electron chi connectivity index (χ2n) is 9.96. The predicted molar refractivity (Wildman–Crippen MR) is 143 cm³/mol. The van der Waals surface area contributed by atoms with Gasteiger partial charge in [-0.3, -0.25) is 24.1 Å². The summed E-state index contributed by atoms with van der Waals surface area (Å²) in [4.78, 5) is 51.5. The van der Waals surface area contributed by atoms with Crippen molar-refractivity contribution in [3.05, 3.63) is 101 Å². The van der Waals surface area contributed by atoms with Gasteiger partial charge in [-0.25, -0.2) is 0 Å². The Morgan fingerprint density at radius 3 is 1.67 bits per heavy atom. The third-order valence-electron chi connectivity index (χ3n) is 8.02. The number of benzene rings is 3. The van der Waals surface area contributed by atoms with Gasteiger partial charge in [-0.15, -0.1) is 23.2 Å². The quantitative estimate of drug-likeness (QED) is 0.191. The maximum atomic E-state index is 13.8. The molecule has 1 fully saturated rings. The Hall–Kier alpha value is -3.68. The van der Waals surface area contributed by atoms with Crippen LogP contribution in [0.4, 0.5) is 0 Å². The van der Waals surface area contributed by atoms with Crippen molar-refractivity contribution in [2.24, 2.45) is 11.8 Å². The molecule has 0 radical (unpaired) electrons. The minimum Gasteiger partial charge on any atom is -0.497 e. The standard InChI is InChI=1S/C30H23Cl2NO6/c1-16(26(35)17-11-13-18(38-2)14-12-17)39-23(34)15-33-27(36)24-25(28(33)37)30(32)20-8-4-3-7-19(20)29(24,31)21-9-5-6-10-22(21)30/h3-14,16,24-25H,15H2,1-2H3/t16-,24-,25+,29?,30?/m0/s1. The summed E-state index contributed by atoms with van der Waals surface area (Å²) in [6.45, 7) is 0.782. The molecule has 198 valence electrons. The molecule has 39 heavy (non-hydrogen) atoms.